The third kappa shape index (κ3) is 4.97. The van der Waals surface area contributed by atoms with Crippen LogP contribution in [0.3, 0.4) is 0 Å². The Labute approximate surface area is 147 Å². The van der Waals surface area contributed by atoms with Gasteiger partial charge in [0.05, 0.1) is 32.4 Å². The third-order valence-corrected chi connectivity index (χ3v) is 3.74. The highest BCUT2D eigenvalue weighted by Gasteiger charge is 2.13. The summed E-state index contributed by atoms with van der Waals surface area (Å²) in [6.07, 6.45) is 0. The number of benzene rings is 2. The number of esters is 1. The van der Waals surface area contributed by atoms with Crippen molar-refractivity contribution in [3.05, 3.63) is 59.7 Å². The average Bonchev–Trinajstić information content (AvgIpc) is 2.66. The summed E-state index contributed by atoms with van der Waals surface area (Å²) in [6.45, 7) is 2.03. The number of para-hydroxylation sites is 1. The van der Waals surface area contributed by atoms with E-state index in [0.29, 0.717) is 5.56 Å². The van der Waals surface area contributed by atoms with Gasteiger partial charge in [-0.05, 0) is 37.3 Å². The predicted molar refractivity (Wildman–Crippen MR) is 95.8 cm³/mol. The number of nitrogens with one attached hydrogen (secondary N) is 2. The van der Waals surface area contributed by atoms with Gasteiger partial charge in [-0.25, -0.2) is 4.79 Å². The van der Waals surface area contributed by atoms with Crippen molar-refractivity contribution in [3.63, 3.8) is 0 Å². The molecule has 0 saturated carbocycles. The lowest BCUT2D eigenvalue weighted by Gasteiger charge is -2.17. The summed E-state index contributed by atoms with van der Waals surface area (Å²) in [7, 11) is 2.94. The number of hydrogen-bond acceptors (Lipinski definition) is 5. The molecule has 0 aromatic heterocycles. The van der Waals surface area contributed by atoms with Gasteiger partial charge in [0.1, 0.15) is 5.75 Å². The summed E-state index contributed by atoms with van der Waals surface area (Å²) in [5.41, 5.74) is 2.12. The Balaban J connectivity index is 1.89. The molecule has 0 aliphatic heterocycles. The van der Waals surface area contributed by atoms with E-state index in [1.165, 1.54) is 7.11 Å². The van der Waals surface area contributed by atoms with E-state index < -0.39 is 5.97 Å². The van der Waals surface area contributed by atoms with Gasteiger partial charge in [-0.15, -0.1) is 0 Å². The zero-order chi connectivity index (χ0) is 18.2. The van der Waals surface area contributed by atoms with Crippen molar-refractivity contribution < 1.29 is 19.1 Å². The van der Waals surface area contributed by atoms with Gasteiger partial charge in [-0.3, -0.25) is 4.79 Å². The monoisotopic (exact) mass is 342 g/mol. The first-order valence-electron chi connectivity index (χ1n) is 7.89. The highest BCUT2D eigenvalue weighted by molar-refractivity contribution is 5.89. The van der Waals surface area contributed by atoms with Crippen LogP contribution in [0.25, 0.3) is 0 Å². The molecule has 2 rings (SSSR count). The van der Waals surface area contributed by atoms with Gasteiger partial charge < -0.3 is 20.1 Å². The van der Waals surface area contributed by atoms with E-state index in [4.69, 9.17) is 4.74 Å². The van der Waals surface area contributed by atoms with E-state index in [0.717, 1.165) is 17.0 Å². The fourth-order valence-corrected chi connectivity index (χ4v) is 2.42. The van der Waals surface area contributed by atoms with E-state index in [9.17, 15) is 9.59 Å². The Morgan fingerprint density at radius 2 is 1.72 bits per heavy atom. The summed E-state index contributed by atoms with van der Waals surface area (Å²) in [6, 6.07) is 14.1. The van der Waals surface area contributed by atoms with Crippen LogP contribution in [0.1, 0.15) is 28.9 Å². The van der Waals surface area contributed by atoms with Crippen LogP contribution in [0.4, 0.5) is 5.69 Å². The van der Waals surface area contributed by atoms with Crippen LogP contribution in [0.5, 0.6) is 5.75 Å². The molecule has 2 aromatic rings. The molecule has 132 valence electrons. The second-order valence-corrected chi connectivity index (χ2v) is 5.45. The molecule has 0 spiro atoms. The van der Waals surface area contributed by atoms with Crippen LogP contribution >= 0.6 is 0 Å². The number of ether oxygens (including phenoxy) is 2. The minimum Gasteiger partial charge on any atom is -0.496 e. The second kappa shape index (κ2) is 8.73. The molecule has 0 fully saturated rings. The van der Waals surface area contributed by atoms with Gasteiger partial charge in [-0.1, -0.05) is 18.2 Å². The number of hydrogen-bond donors (Lipinski definition) is 2. The molecule has 0 aliphatic carbocycles. The van der Waals surface area contributed by atoms with Crippen molar-refractivity contribution >= 4 is 17.6 Å². The number of carbonyl (C=O) groups excluding carboxylic acids is 2. The normalized spacial score (nSPS) is 11.3. The van der Waals surface area contributed by atoms with E-state index in [1.54, 1.807) is 31.4 Å². The summed E-state index contributed by atoms with van der Waals surface area (Å²) in [5.74, 6) is 0.201. The quantitative estimate of drug-likeness (QED) is 0.757. The Morgan fingerprint density at radius 1 is 1.04 bits per heavy atom. The lowest BCUT2D eigenvalue weighted by molar-refractivity contribution is -0.120. The maximum absolute atomic E-state index is 12.1. The van der Waals surface area contributed by atoms with Crippen molar-refractivity contribution in [1.82, 2.24) is 5.32 Å². The standard InChI is InChI=1S/C19H22N2O4/c1-13(16-6-4-5-7-17(16)24-2)21-18(22)12-20-15-10-8-14(9-11-15)19(23)25-3/h4-11,13,20H,12H2,1-3H3,(H,21,22). The molecule has 6 nitrogen and oxygen atoms in total. The highest BCUT2D eigenvalue weighted by atomic mass is 16.5. The number of anilines is 1. The van der Waals surface area contributed by atoms with Gasteiger partial charge >= 0.3 is 5.97 Å². The van der Waals surface area contributed by atoms with E-state index in [1.807, 2.05) is 31.2 Å². The van der Waals surface area contributed by atoms with Gasteiger partial charge in [0.25, 0.3) is 0 Å². The average molecular weight is 342 g/mol. The van der Waals surface area contributed by atoms with Gasteiger partial charge in [0.2, 0.25) is 5.91 Å². The van der Waals surface area contributed by atoms with E-state index >= 15 is 0 Å². The summed E-state index contributed by atoms with van der Waals surface area (Å²) >= 11 is 0. The largest absolute Gasteiger partial charge is 0.496 e. The highest BCUT2D eigenvalue weighted by Crippen LogP contribution is 2.24. The molecule has 0 radical (unpaired) electrons. The maximum atomic E-state index is 12.1. The summed E-state index contributed by atoms with van der Waals surface area (Å²) in [4.78, 5) is 23.5. The lowest BCUT2D eigenvalue weighted by Crippen LogP contribution is -2.32. The molecule has 0 heterocycles. The van der Waals surface area contributed by atoms with Crippen molar-refractivity contribution in [2.24, 2.45) is 0 Å². The predicted octanol–water partition coefficient (Wildman–Crippen LogP) is 2.77. The minimum atomic E-state index is -0.394. The van der Waals surface area contributed by atoms with Gasteiger partial charge in [0, 0.05) is 11.3 Å². The maximum Gasteiger partial charge on any atom is 0.337 e. The van der Waals surface area contributed by atoms with Crippen LogP contribution in [-0.4, -0.2) is 32.6 Å². The molecule has 1 unspecified atom stereocenters. The van der Waals surface area contributed by atoms with Crippen molar-refractivity contribution in [3.8, 4) is 5.75 Å². The molecule has 1 atom stereocenters. The Hall–Kier alpha value is -3.02. The molecule has 0 bridgehead atoms. The van der Waals surface area contributed by atoms with Crippen LogP contribution in [0.15, 0.2) is 48.5 Å². The van der Waals surface area contributed by atoms with Crippen LogP contribution in [0.2, 0.25) is 0 Å². The van der Waals surface area contributed by atoms with Crippen LogP contribution in [-0.2, 0) is 9.53 Å². The molecule has 0 saturated heterocycles. The lowest BCUT2D eigenvalue weighted by atomic mass is 10.1. The number of carbonyl (C=O) groups is 2. The first-order valence-corrected chi connectivity index (χ1v) is 7.89. The zero-order valence-corrected chi connectivity index (χ0v) is 14.5. The van der Waals surface area contributed by atoms with Crippen LogP contribution in [0, 0.1) is 0 Å². The third-order valence-electron chi connectivity index (χ3n) is 3.74. The first kappa shape index (κ1) is 18.3. The first-order chi connectivity index (χ1) is 12.0. The fourth-order valence-electron chi connectivity index (χ4n) is 2.42. The smallest absolute Gasteiger partial charge is 0.337 e. The Kier molecular flexibility index (Phi) is 6.39. The zero-order valence-electron chi connectivity index (χ0n) is 14.5. The molecular formula is C19H22N2O4. The number of amides is 1. The number of methoxy groups -OCH3 is 2. The molecular weight excluding hydrogens is 320 g/mol. The molecule has 25 heavy (non-hydrogen) atoms. The molecule has 6 heteroatoms. The number of rotatable bonds is 7. The van der Waals surface area contributed by atoms with Gasteiger partial charge in [0.15, 0.2) is 0 Å². The van der Waals surface area contributed by atoms with Gasteiger partial charge in [-0.2, -0.15) is 0 Å². The molecule has 2 aromatic carbocycles. The van der Waals surface area contributed by atoms with E-state index in [2.05, 4.69) is 15.4 Å². The summed E-state index contributed by atoms with van der Waals surface area (Å²) < 4.78 is 9.96. The minimum absolute atomic E-state index is 0.122. The van der Waals surface area contributed by atoms with Crippen molar-refractivity contribution in [1.29, 1.82) is 0 Å². The van der Waals surface area contributed by atoms with Crippen molar-refractivity contribution in [2.45, 2.75) is 13.0 Å². The molecule has 2 N–H and O–H groups in total. The Bertz CT molecular complexity index is 728. The molecule has 1 amide bonds. The summed E-state index contributed by atoms with van der Waals surface area (Å²) in [5, 5.41) is 5.94. The molecule has 0 aliphatic rings. The SMILES string of the molecule is COC(=O)c1ccc(NCC(=O)NC(C)c2ccccc2OC)cc1. The topological polar surface area (TPSA) is 76.7 Å². The fraction of sp³-hybridized carbons (Fsp3) is 0.263. The van der Waals surface area contributed by atoms with Crippen molar-refractivity contribution in [2.75, 3.05) is 26.1 Å². The second-order valence-electron chi connectivity index (χ2n) is 5.45. The Morgan fingerprint density at radius 3 is 2.36 bits per heavy atom. The van der Waals surface area contributed by atoms with Crippen LogP contribution < -0.4 is 15.4 Å². The van der Waals surface area contributed by atoms with E-state index in [-0.39, 0.29) is 18.5 Å².